The number of carbonyl (C=O) groups is 5. The molecule has 1 spiro atoms. The van der Waals surface area contributed by atoms with Crippen LogP contribution in [-0.2, 0) is 16.1 Å². The van der Waals surface area contributed by atoms with Gasteiger partial charge in [0.05, 0.1) is 39.5 Å². The van der Waals surface area contributed by atoms with Gasteiger partial charge in [-0.05, 0) is 99.9 Å². The summed E-state index contributed by atoms with van der Waals surface area (Å²) in [4.78, 5) is 77.7. The third-order valence-corrected chi connectivity index (χ3v) is 15.8. The maximum Gasteiger partial charge on any atom is 0.262 e. The molecule has 2 aliphatic carbocycles. The van der Waals surface area contributed by atoms with Crippen LogP contribution in [0.15, 0.2) is 48.5 Å². The van der Waals surface area contributed by atoms with Crippen molar-refractivity contribution < 1.29 is 28.7 Å². The smallest absolute Gasteiger partial charge is 0.262 e. The molecule has 2 saturated carbocycles. The van der Waals surface area contributed by atoms with E-state index < -0.39 is 23.8 Å². The predicted molar refractivity (Wildman–Crippen MR) is 237 cm³/mol. The summed E-state index contributed by atoms with van der Waals surface area (Å²) in [5.41, 5.74) is 3.48. The van der Waals surface area contributed by atoms with Gasteiger partial charge in [0, 0.05) is 72.1 Å². The Labute approximate surface area is 378 Å². The molecule has 7 aliphatic rings. The number of carbonyl (C=O) groups excluding carboxylic acids is 5. The molecule has 0 bridgehead atoms. The first-order chi connectivity index (χ1) is 30.6. The molecule has 1 aromatic heterocycles. The summed E-state index contributed by atoms with van der Waals surface area (Å²) >= 11 is 6.30. The second-order valence-electron chi connectivity index (χ2n) is 20.3. The van der Waals surface area contributed by atoms with Crippen molar-refractivity contribution in [2.75, 3.05) is 31.1 Å². The summed E-state index contributed by atoms with van der Waals surface area (Å²) < 4.78 is 6.48. The maximum absolute atomic E-state index is 13.8. The van der Waals surface area contributed by atoms with Crippen LogP contribution < -0.4 is 15.0 Å². The number of nitriles is 1. The largest absolute Gasteiger partial charge is 0.489 e. The zero-order chi connectivity index (χ0) is 44.9. The quantitative estimate of drug-likeness (QED) is 0.219. The number of hydrogen-bond donors (Lipinski definition) is 1. The fourth-order valence-electron chi connectivity index (χ4n) is 12.7. The van der Waals surface area contributed by atoms with Crippen molar-refractivity contribution in [2.24, 2.45) is 22.2 Å². The molecular formula is C50H52ClN7O6. The Hall–Kier alpha value is -5.76. The van der Waals surface area contributed by atoms with E-state index in [1.165, 1.54) is 0 Å². The average Bonchev–Trinajstić information content (AvgIpc) is 4.03. The van der Waals surface area contributed by atoms with E-state index in [1.54, 1.807) is 24.3 Å². The fraction of sp³-hybridized carbons (Fsp3) is 0.500. The van der Waals surface area contributed by atoms with E-state index in [9.17, 15) is 29.2 Å². The van der Waals surface area contributed by atoms with E-state index in [-0.39, 0.29) is 53.0 Å². The van der Waals surface area contributed by atoms with E-state index >= 15 is 0 Å². The number of halogens is 1. The summed E-state index contributed by atoms with van der Waals surface area (Å²) in [5, 5.41) is 11.9. The summed E-state index contributed by atoms with van der Waals surface area (Å²) in [5.74, 6) is 5.83. The van der Waals surface area contributed by atoms with Crippen molar-refractivity contribution in [3.05, 3.63) is 87.2 Å². The zero-order valence-electron chi connectivity index (χ0n) is 36.7. The van der Waals surface area contributed by atoms with Gasteiger partial charge in [-0.15, -0.1) is 0 Å². The van der Waals surface area contributed by atoms with Crippen molar-refractivity contribution in [1.82, 2.24) is 25.0 Å². The second-order valence-corrected chi connectivity index (χ2v) is 20.7. The van der Waals surface area contributed by atoms with E-state index in [2.05, 4.69) is 60.7 Å². The Bertz CT molecular complexity index is 2620. The van der Waals surface area contributed by atoms with Gasteiger partial charge in [-0.1, -0.05) is 45.2 Å². The van der Waals surface area contributed by atoms with Crippen LogP contribution in [-0.4, -0.2) is 99.6 Å². The van der Waals surface area contributed by atoms with E-state index in [4.69, 9.17) is 21.3 Å². The van der Waals surface area contributed by atoms with Crippen molar-refractivity contribution in [3.63, 3.8) is 0 Å². The zero-order valence-corrected chi connectivity index (χ0v) is 37.5. The minimum atomic E-state index is -0.975. The number of nitrogens with zero attached hydrogens (tertiary/aromatic N) is 6. The lowest BCUT2D eigenvalue weighted by Crippen LogP contribution is -2.74. The average molecular weight is 882 g/mol. The number of ether oxygens (including phenoxy) is 1. The molecule has 10 rings (SSSR count). The van der Waals surface area contributed by atoms with Crippen LogP contribution >= 0.6 is 11.6 Å². The van der Waals surface area contributed by atoms with Crippen molar-refractivity contribution in [3.8, 4) is 23.7 Å². The second kappa shape index (κ2) is 15.5. The normalized spacial score (nSPS) is 29.3. The molecule has 5 aliphatic heterocycles. The minimum Gasteiger partial charge on any atom is -0.489 e. The van der Waals surface area contributed by atoms with Gasteiger partial charge in [-0.25, -0.2) is 4.98 Å². The molecule has 3 aromatic rings. The fourth-order valence-corrected chi connectivity index (χ4v) is 12.9. The Balaban J connectivity index is 0.723. The van der Waals surface area contributed by atoms with Gasteiger partial charge in [0.2, 0.25) is 11.8 Å². The first-order valence-electron chi connectivity index (χ1n) is 22.6. The lowest BCUT2D eigenvalue weighted by Gasteiger charge is -2.65. The summed E-state index contributed by atoms with van der Waals surface area (Å²) in [6.07, 6.45) is 6.49. The number of fused-ring (bicyclic) bond motifs is 2. The highest BCUT2D eigenvalue weighted by molar-refractivity contribution is 6.31. The molecule has 330 valence electrons. The van der Waals surface area contributed by atoms with Crippen molar-refractivity contribution >= 4 is 46.8 Å². The Morgan fingerprint density at radius 3 is 2.30 bits per heavy atom. The SMILES string of the molecule is CC1(C)C(Oc2ccc(C#N)c(Cl)c2)C(C)(C)C1N1Cc2nc(C#CC3CCC(N4CCC5(CCN(c6ccc7c(c6)C(=O)N(C6CCC(=O)NC6=O)C7=O)C5)C4)CC3)ccc2C1=O. The number of hydrogen-bond acceptors (Lipinski definition) is 10. The number of imide groups is 2. The molecule has 14 heteroatoms. The maximum atomic E-state index is 13.8. The number of likely N-dealkylation sites (tertiary alicyclic amines) is 1. The van der Waals surface area contributed by atoms with Crippen LogP contribution in [0.2, 0.25) is 5.02 Å². The first kappa shape index (κ1) is 42.2. The molecule has 6 heterocycles. The highest BCUT2D eigenvalue weighted by Gasteiger charge is 2.67. The Kier molecular flexibility index (Phi) is 10.2. The molecule has 2 aromatic carbocycles. The topological polar surface area (TPSA) is 156 Å². The predicted octanol–water partition coefficient (Wildman–Crippen LogP) is 6.36. The minimum absolute atomic E-state index is 0.0159. The number of nitrogens with one attached hydrogen (secondary N) is 1. The van der Waals surface area contributed by atoms with Gasteiger partial charge in [0.1, 0.15) is 29.7 Å². The van der Waals surface area contributed by atoms with Gasteiger partial charge in [-0.3, -0.25) is 39.1 Å². The number of benzene rings is 2. The number of rotatable bonds is 6. The highest BCUT2D eigenvalue weighted by Crippen LogP contribution is 2.59. The van der Waals surface area contributed by atoms with E-state index in [0.717, 1.165) is 81.0 Å². The molecule has 2 atom stereocenters. The van der Waals surface area contributed by atoms with Crippen LogP contribution in [0.4, 0.5) is 5.69 Å². The molecule has 64 heavy (non-hydrogen) atoms. The Morgan fingerprint density at radius 2 is 1.56 bits per heavy atom. The summed E-state index contributed by atoms with van der Waals surface area (Å²) in [6, 6.07) is 15.9. The van der Waals surface area contributed by atoms with Gasteiger partial charge in [-0.2, -0.15) is 5.26 Å². The van der Waals surface area contributed by atoms with Crippen LogP contribution in [0.5, 0.6) is 5.75 Å². The molecule has 5 fully saturated rings. The van der Waals surface area contributed by atoms with Crippen LogP contribution in [0.3, 0.4) is 0 Å². The molecule has 2 unspecified atom stereocenters. The van der Waals surface area contributed by atoms with Crippen molar-refractivity contribution in [1.29, 1.82) is 5.26 Å². The first-order valence-corrected chi connectivity index (χ1v) is 23.0. The lowest BCUT2D eigenvalue weighted by molar-refractivity contribution is -0.199. The highest BCUT2D eigenvalue weighted by atomic mass is 35.5. The number of pyridine rings is 1. The van der Waals surface area contributed by atoms with Crippen LogP contribution in [0, 0.1) is 45.3 Å². The van der Waals surface area contributed by atoms with Crippen molar-refractivity contribution in [2.45, 2.75) is 110 Å². The van der Waals surface area contributed by atoms with Gasteiger partial charge in [0.25, 0.3) is 17.7 Å². The van der Waals surface area contributed by atoms with Crippen LogP contribution in [0.25, 0.3) is 0 Å². The molecular weight excluding hydrogens is 830 g/mol. The number of piperidine rings is 1. The van der Waals surface area contributed by atoms with Crippen LogP contribution in [0.1, 0.15) is 127 Å². The van der Waals surface area contributed by atoms with Gasteiger partial charge in [0.15, 0.2) is 0 Å². The van der Waals surface area contributed by atoms with E-state index in [0.29, 0.717) is 57.2 Å². The number of aromatic nitrogens is 1. The summed E-state index contributed by atoms with van der Waals surface area (Å²) in [7, 11) is 0. The third kappa shape index (κ3) is 6.94. The Morgan fingerprint density at radius 1 is 0.828 bits per heavy atom. The molecule has 13 nitrogen and oxygen atoms in total. The van der Waals surface area contributed by atoms with Gasteiger partial charge >= 0.3 is 0 Å². The molecule has 1 N–H and O–H groups in total. The van der Waals surface area contributed by atoms with E-state index in [1.807, 2.05) is 29.2 Å². The molecule has 3 saturated heterocycles. The monoisotopic (exact) mass is 881 g/mol. The standard InChI is InChI=1S/C50H52ClN7O6/c1-48(2)46(49(3,4)47(48)64-34-14-8-30(25-52)38(51)24-34)57-26-39-36(43(57)61)15-10-31(53-39)9-5-29-6-11-32(12-7-29)55-21-19-50(27-55)20-22-56(28-50)33-13-16-35-37(23-33)45(63)58(44(35)62)40-17-18-41(59)54-42(40)60/h8,10,13-16,23-24,29,32,40,46-47H,6-7,11-12,17-22,26-28H2,1-4H3,(H,54,59,60). The number of amides is 5. The third-order valence-electron chi connectivity index (χ3n) is 15.5. The summed E-state index contributed by atoms with van der Waals surface area (Å²) in [6.45, 7) is 12.8. The number of anilines is 1. The molecule has 5 amide bonds. The lowest BCUT2D eigenvalue weighted by atomic mass is 9.49. The van der Waals surface area contributed by atoms with Gasteiger partial charge < -0.3 is 14.5 Å². The molecule has 0 radical (unpaired) electrons.